The van der Waals surface area contributed by atoms with Crippen LogP contribution in [0.3, 0.4) is 0 Å². The van der Waals surface area contributed by atoms with Gasteiger partial charge in [0, 0.05) is 17.8 Å². The molecule has 5 heteroatoms. The topological polar surface area (TPSA) is 67.4 Å². The zero-order chi connectivity index (χ0) is 21.9. The van der Waals surface area contributed by atoms with Gasteiger partial charge in [-0.05, 0) is 54.8 Å². The highest BCUT2D eigenvalue weighted by molar-refractivity contribution is 6.06. The molecule has 0 aliphatic rings. The average Bonchev–Trinajstić information content (AvgIpc) is 2.80. The Hall–Kier alpha value is -3.60. The summed E-state index contributed by atoms with van der Waals surface area (Å²) in [5, 5.41) is 5.78. The number of rotatable bonds is 10. The van der Waals surface area contributed by atoms with Crippen LogP contribution in [0.15, 0.2) is 78.9 Å². The molecular weight excluding hydrogens is 388 g/mol. The Morgan fingerprint density at radius 1 is 0.806 bits per heavy atom. The first kappa shape index (κ1) is 22.1. The van der Waals surface area contributed by atoms with Crippen molar-refractivity contribution in [3.05, 3.63) is 90.0 Å². The summed E-state index contributed by atoms with van der Waals surface area (Å²) in [6.07, 6.45) is 3.08. The van der Waals surface area contributed by atoms with Gasteiger partial charge in [-0.3, -0.25) is 9.59 Å². The van der Waals surface area contributed by atoms with Crippen LogP contribution in [-0.2, 0) is 11.2 Å². The maximum Gasteiger partial charge on any atom is 0.259 e. The zero-order valence-electron chi connectivity index (χ0n) is 17.8. The number of aryl methyl sites for hydroxylation is 1. The van der Waals surface area contributed by atoms with Crippen molar-refractivity contribution in [2.75, 3.05) is 17.2 Å². The zero-order valence-corrected chi connectivity index (χ0v) is 17.8. The SMILES string of the molecule is CCCCOc1ccccc1C(=O)Nc1ccc(NC(=O)CCc2ccccc2)cc1. The lowest BCUT2D eigenvalue weighted by atomic mass is 10.1. The van der Waals surface area contributed by atoms with Crippen LogP contribution < -0.4 is 15.4 Å². The molecule has 0 atom stereocenters. The van der Waals surface area contributed by atoms with E-state index in [0.29, 0.717) is 42.1 Å². The molecule has 0 bridgehead atoms. The molecule has 3 aromatic carbocycles. The summed E-state index contributed by atoms with van der Waals surface area (Å²) in [6, 6.07) is 24.2. The summed E-state index contributed by atoms with van der Waals surface area (Å²) < 4.78 is 5.75. The first-order valence-electron chi connectivity index (χ1n) is 10.6. The van der Waals surface area contributed by atoms with Crippen molar-refractivity contribution < 1.29 is 14.3 Å². The third kappa shape index (κ3) is 7.00. The fourth-order valence-electron chi connectivity index (χ4n) is 3.07. The van der Waals surface area contributed by atoms with Crippen molar-refractivity contribution in [1.82, 2.24) is 0 Å². The van der Waals surface area contributed by atoms with Gasteiger partial charge < -0.3 is 15.4 Å². The monoisotopic (exact) mass is 416 g/mol. The van der Waals surface area contributed by atoms with E-state index < -0.39 is 0 Å². The number of amides is 2. The molecule has 0 aromatic heterocycles. The van der Waals surface area contributed by atoms with Gasteiger partial charge >= 0.3 is 0 Å². The van der Waals surface area contributed by atoms with Crippen LogP contribution >= 0.6 is 0 Å². The van der Waals surface area contributed by atoms with Crippen LogP contribution in [0, 0.1) is 0 Å². The van der Waals surface area contributed by atoms with Crippen LogP contribution in [0.5, 0.6) is 5.75 Å². The highest BCUT2D eigenvalue weighted by Gasteiger charge is 2.12. The maximum absolute atomic E-state index is 12.7. The predicted molar refractivity (Wildman–Crippen MR) is 125 cm³/mol. The molecule has 3 aromatic rings. The second-order valence-corrected chi connectivity index (χ2v) is 7.26. The number of anilines is 2. The van der Waals surface area contributed by atoms with E-state index in [0.717, 1.165) is 18.4 Å². The highest BCUT2D eigenvalue weighted by Crippen LogP contribution is 2.21. The molecule has 0 saturated heterocycles. The third-order valence-corrected chi connectivity index (χ3v) is 4.80. The molecular formula is C26H28N2O3. The first-order chi connectivity index (χ1) is 15.2. The Labute approximate surface area is 183 Å². The van der Waals surface area contributed by atoms with E-state index >= 15 is 0 Å². The Morgan fingerprint density at radius 2 is 1.45 bits per heavy atom. The van der Waals surface area contributed by atoms with Gasteiger partial charge in [-0.1, -0.05) is 55.8 Å². The lowest BCUT2D eigenvalue weighted by molar-refractivity contribution is -0.116. The number of ether oxygens (including phenoxy) is 1. The summed E-state index contributed by atoms with van der Waals surface area (Å²) in [7, 11) is 0. The minimum Gasteiger partial charge on any atom is -0.493 e. The lowest BCUT2D eigenvalue weighted by Gasteiger charge is -2.12. The molecule has 0 saturated carbocycles. The molecule has 0 radical (unpaired) electrons. The number of nitrogens with one attached hydrogen (secondary N) is 2. The number of carbonyl (C=O) groups is 2. The molecule has 2 N–H and O–H groups in total. The standard InChI is InChI=1S/C26H28N2O3/c1-2-3-19-31-24-12-8-7-11-23(24)26(30)28-22-16-14-21(15-17-22)27-25(29)18-13-20-9-5-4-6-10-20/h4-12,14-17H,2-3,13,18-19H2,1H3,(H,27,29)(H,28,30). The number of hydrogen-bond acceptors (Lipinski definition) is 3. The number of carbonyl (C=O) groups excluding carboxylic acids is 2. The molecule has 0 heterocycles. The van der Waals surface area contributed by atoms with Crippen LogP contribution in [0.4, 0.5) is 11.4 Å². The molecule has 3 rings (SSSR count). The van der Waals surface area contributed by atoms with Crippen LogP contribution in [0.25, 0.3) is 0 Å². The quantitative estimate of drug-likeness (QED) is 0.417. The highest BCUT2D eigenvalue weighted by atomic mass is 16.5. The van der Waals surface area contributed by atoms with Gasteiger partial charge in [-0.15, -0.1) is 0 Å². The number of benzene rings is 3. The first-order valence-corrected chi connectivity index (χ1v) is 10.6. The number of unbranched alkanes of at least 4 members (excludes halogenated alkanes) is 1. The van der Waals surface area contributed by atoms with Gasteiger partial charge in [0.25, 0.3) is 5.91 Å². The summed E-state index contributed by atoms with van der Waals surface area (Å²) in [6.45, 7) is 2.68. The Bertz CT molecular complexity index is 985. The van der Waals surface area contributed by atoms with Crippen molar-refractivity contribution in [2.24, 2.45) is 0 Å². The van der Waals surface area contributed by atoms with E-state index in [9.17, 15) is 9.59 Å². The number of hydrogen-bond donors (Lipinski definition) is 2. The predicted octanol–water partition coefficient (Wildman–Crippen LogP) is 5.69. The van der Waals surface area contributed by atoms with E-state index in [1.165, 1.54) is 0 Å². The van der Waals surface area contributed by atoms with E-state index in [2.05, 4.69) is 17.6 Å². The van der Waals surface area contributed by atoms with Gasteiger partial charge in [0.05, 0.1) is 12.2 Å². The average molecular weight is 417 g/mol. The summed E-state index contributed by atoms with van der Waals surface area (Å²) in [4.78, 5) is 24.9. The van der Waals surface area contributed by atoms with E-state index in [-0.39, 0.29) is 11.8 Å². The fourth-order valence-corrected chi connectivity index (χ4v) is 3.07. The molecule has 2 amide bonds. The Balaban J connectivity index is 1.53. The smallest absolute Gasteiger partial charge is 0.259 e. The Morgan fingerprint density at radius 3 is 2.16 bits per heavy atom. The summed E-state index contributed by atoms with van der Waals surface area (Å²) >= 11 is 0. The molecule has 31 heavy (non-hydrogen) atoms. The van der Waals surface area contributed by atoms with E-state index in [1.807, 2.05) is 42.5 Å². The van der Waals surface area contributed by atoms with Gasteiger partial charge in [0.2, 0.25) is 5.91 Å². The number of para-hydroxylation sites is 1. The molecule has 0 fully saturated rings. The molecule has 0 aliphatic carbocycles. The van der Waals surface area contributed by atoms with Crippen molar-refractivity contribution in [3.8, 4) is 5.75 Å². The minimum absolute atomic E-state index is 0.0428. The largest absolute Gasteiger partial charge is 0.493 e. The third-order valence-electron chi connectivity index (χ3n) is 4.80. The molecule has 0 unspecified atom stereocenters. The molecule has 0 aliphatic heterocycles. The normalized spacial score (nSPS) is 10.4. The van der Waals surface area contributed by atoms with Gasteiger partial charge in [0.15, 0.2) is 0 Å². The minimum atomic E-state index is -0.230. The fraction of sp³-hybridized carbons (Fsp3) is 0.231. The summed E-state index contributed by atoms with van der Waals surface area (Å²) in [5.74, 6) is 0.307. The van der Waals surface area contributed by atoms with Crippen LogP contribution in [0.1, 0.15) is 42.1 Å². The van der Waals surface area contributed by atoms with E-state index in [1.54, 1.807) is 36.4 Å². The lowest BCUT2D eigenvalue weighted by Crippen LogP contribution is -2.14. The van der Waals surface area contributed by atoms with E-state index in [4.69, 9.17) is 4.74 Å². The van der Waals surface area contributed by atoms with Crippen molar-refractivity contribution in [3.63, 3.8) is 0 Å². The maximum atomic E-state index is 12.7. The van der Waals surface area contributed by atoms with Crippen molar-refractivity contribution >= 4 is 23.2 Å². The van der Waals surface area contributed by atoms with Gasteiger partial charge in [-0.2, -0.15) is 0 Å². The van der Waals surface area contributed by atoms with Crippen LogP contribution in [0.2, 0.25) is 0 Å². The van der Waals surface area contributed by atoms with Crippen molar-refractivity contribution in [1.29, 1.82) is 0 Å². The van der Waals surface area contributed by atoms with Gasteiger partial charge in [0.1, 0.15) is 5.75 Å². The second-order valence-electron chi connectivity index (χ2n) is 7.26. The molecule has 0 spiro atoms. The molecule has 160 valence electrons. The van der Waals surface area contributed by atoms with Gasteiger partial charge in [-0.25, -0.2) is 0 Å². The van der Waals surface area contributed by atoms with Crippen LogP contribution in [-0.4, -0.2) is 18.4 Å². The Kier molecular flexibility index (Phi) is 8.23. The molecule has 5 nitrogen and oxygen atoms in total. The van der Waals surface area contributed by atoms with Crippen molar-refractivity contribution in [2.45, 2.75) is 32.6 Å². The second kappa shape index (κ2) is 11.6. The summed E-state index contributed by atoms with van der Waals surface area (Å²) in [5.41, 5.74) is 2.97.